The van der Waals surface area contributed by atoms with Gasteiger partial charge in [-0.15, -0.1) is 5.10 Å². The zero-order valence-corrected chi connectivity index (χ0v) is 11.3. The Morgan fingerprint density at radius 2 is 1.85 bits per heavy atom. The van der Waals surface area contributed by atoms with E-state index in [0.29, 0.717) is 5.16 Å². The van der Waals surface area contributed by atoms with Crippen molar-refractivity contribution in [3.63, 3.8) is 0 Å². The van der Waals surface area contributed by atoms with Crippen molar-refractivity contribution < 1.29 is 5.11 Å². The van der Waals surface area contributed by atoms with Crippen LogP contribution in [0.1, 0.15) is 5.69 Å². The first-order chi connectivity index (χ1) is 9.74. The van der Waals surface area contributed by atoms with Crippen molar-refractivity contribution in [2.75, 3.05) is 0 Å². The van der Waals surface area contributed by atoms with Gasteiger partial charge in [-0.05, 0) is 53.4 Å². The normalized spacial score (nSPS) is 10.7. The largest absolute Gasteiger partial charge is 0.508 e. The number of aromatic hydroxyl groups is 1. The number of phenolic OH excluding ortho intramolecular Hbond substituents is 1. The lowest BCUT2D eigenvalue weighted by molar-refractivity contribution is 0.475. The van der Waals surface area contributed by atoms with Crippen LogP contribution in [0.4, 0.5) is 0 Å². The fourth-order valence-electron chi connectivity index (χ4n) is 1.58. The highest BCUT2D eigenvalue weighted by Crippen LogP contribution is 2.26. The van der Waals surface area contributed by atoms with Crippen LogP contribution >= 0.6 is 11.8 Å². The van der Waals surface area contributed by atoms with E-state index in [1.165, 1.54) is 11.8 Å². The van der Waals surface area contributed by atoms with E-state index in [-0.39, 0.29) is 5.75 Å². The maximum Gasteiger partial charge on any atom is 0.220 e. The highest BCUT2D eigenvalue weighted by molar-refractivity contribution is 7.99. The Morgan fingerprint density at radius 3 is 2.60 bits per heavy atom. The molecule has 0 atom stereocenters. The molecule has 0 aliphatic rings. The van der Waals surface area contributed by atoms with E-state index in [1.54, 1.807) is 41.3 Å². The summed E-state index contributed by atoms with van der Waals surface area (Å²) in [6.45, 7) is 1.88. The molecule has 2 heterocycles. The summed E-state index contributed by atoms with van der Waals surface area (Å²) in [5.74, 6) is 0.195. The van der Waals surface area contributed by atoms with Gasteiger partial charge in [0.25, 0.3) is 0 Å². The molecule has 0 fully saturated rings. The molecule has 3 aromatic rings. The molecular weight excluding hydrogens is 276 g/mol. The van der Waals surface area contributed by atoms with E-state index < -0.39 is 0 Å². The van der Waals surface area contributed by atoms with Crippen molar-refractivity contribution in [2.24, 2.45) is 0 Å². The monoisotopic (exact) mass is 286 g/mol. The molecule has 0 aliphatic carbocycles. The predicted octanol–water partition coefficient (Wildman–Crippen LogP) is 1.62. The van der Waals surface area contributed by atoms with Crippen molar-refractivity contribution in [1.29, 1.82) is 0 Å². The summed E-state index contributed by atoms with van der Waals surface area (Å²) in [6, 6.07) is 6.64. The van der Waals surface area contributed by atoms with Crippen LogP contribution in [0.25, 0.3) is 5.69 Å². The summed E-state index contributed by atoms with van der Waals surface area (Å²) in [4.78, 5) is 8.43. The summed E-state index contributed by atoms with van der Waals surface area (Å²) in [5.41, 5.74) is 1.58. The number of hydrogen-bond donors (Lipinski definition) is 1. The van der Waals surface area contributed by atoms with E-state index >= 15 is 0 Å². The van der Waals surface area contributed by atoms with Gasteiger partial charge in [0, 0.05) is 12.4 Å². The number of hydrogen-bond acceptors (Lipinski definition) is 7. The first-order valence-corrected chi connectivity index (χ1v) is 6.59. The van der Waals surface area contributed by atoms with Gasteiger partial charge in [0.1, 0.15) is 10.8 Å². The molecule has 0 saturated heterocycles. The Kier molecular flexibility index (Phi) is 3.30. The van der Waals surface area contributed by atoms with Crippen molar-refractivity contribution in [1.82, 2.24) is 30.2 Å². The summed E-state index contributed by atoms with van der Waals surface area (Å²) in [6.07, 6.45) is 3.27. The van der Waals surface area contributed by atoms with Gasteiger partial charge in [0.2, 0.25) is 5.16 Å². The van der Waals surface area contributed by atoms with E-state index in [0.717, 1.165) is 16.4 Å². The molecule has 3 rings (SSSR count). The summed E-state index contributed by atoms with van der Waals surface area (Å²) >= 11 is 1.34. The Bertz CT molecular complexity index is 727. The van der Waals surface area contributed by atoms with Gasteiger partial charge in [-0.2, -0.15) is 4.68 Å². The second-order valence-electron chi connectivity index (χ2n) is 3.94. The van der Waals surface area contributed by atoms with Crippen LogP contribution in [0.2, 0.25) is 0 Å². The molecule has 0 unspecified atom stereocenters. The third-order valence-electron chi connectivity index (χ3n) is 2.56. The lowest BCUT2D eigenvalue weighted by Crippen LogP contribution is -1.99. The molecule has 0 aliphatic heterocycles. The van der Waals surface area contributed by atoms with Crippen LogP contribution < -0.4 is 0 Å². The molecule has 1 N–H and O–H groups in total. The summed E-state index contributed by atoms with van der Waals surface area (Å²) in [7, 11) is 0. The quantitative estimate of drug-likeness (QED) is 0.782. The second-order valence-corrected chi connectivity index (χ2v) is 4.89. The van der Waals surface area contributed by atoms with Crippen LogP contribution in [-0.4, -0.2) is 35.3 Å². The molecule has 0 radical (unpaired) electrons. The number of benzene rings is 1. The lowest BCUT2D eigenvalue weighted by atomic mass is 10.3. The van der Waals surface area contributed by atoms with E-state index in [9.17, 15) is 5.11 Å². The van der Waals surface area contributed by atoms with Crippen molar-refractivity contribution in [2.45, 2.75) is 17.1 Å². The predicted molar refractivity (Wildman–Crippen MR) is 71.7 cm³/mol. The lowest BCUT2D eigenvalue weighted by Gasteiger charge is -2.04. The molecule has 0 saturated carbocycles. The molecule has 8 heteroatoms. The third kappa shape index (κ3) is 2.45. The van der Waals surface area contributed by atoms with Crippen LogP contribution in [0.3, 0.4) is 0 Å². The second kappa shape index (κ2) is 5.25. The third-order valence-corrected chi connectivity index (χ3v) is 3.59. The van der Waals surface area contributed by atoms with Gasteiger partial charge in [0.05, 0.1) is 11.4 Å². The smallest absolute Gasteiger partial charge is 0.220 e. The number of phenols is 1. The highest BCUT2D eigenvalue weighted by atomic mass is 32.2. The number of tetrazole rings is 1. The Balaban J connectivity index is 1.95. The van der Waals surface area contributed by atoms with E-state index in [2.05, 4.69) is 25.5 Å². The minimum atomic E-state index is 0.195. The zero-order valence-electron chi connectivity index (χ0n) is 10.5. The van der Waals surface area contributed by atoms with Crippen molar-refractivity contribution >= 4 is 11.8 Å². The molecule has 0 bridgehead atoms. The molecule has 7 nitrogen and oxygen atoms in total. The fourth-order valence-corrected chi connectivity index (χ4v) is 2.37. The van der Waals surface area contributed by atoms with Crippen LogP contribution in [0, 0.1) is 6.92 Å². The van der Waals surface area contributed by atoms with Gasteiger partial charge in [0.15, 0.2) is 0 Å². The SMILES string of the molecule is Cc1nccnc1Sc1nnnn1-c1ccc(O)cc1. The average Bonchev–Trinajstić information content (AvgIpc) is 2.90. The van der Waals surface area contributed by atoms with Crippen LogP contribution in [-0.2, 0) is 0 Å². The molecule has 0 amide bonds. The summed E-state index contributed by atoms with van der Waals surface area (Å²) < 4.78 is 1.58. The van der Waals surface area contributed by atoms with Gasteiger partial charge in [-0.3, -0.25) is 4.98 Å². The molecule has 0 spiro atoms. The number of nitrogens with zero attached hydrogens (tertiary/aromatic N) is 6. The molecule has 100 valence electrons. The molecule has 2 aromatic heterocycles. The highest BCUT2D eigenvalue weighted by Gasteiger charge is 2.12. The van der Waals surface area contributed by atoms with Crippen molar-refractivity contribution in [3.8, 4) is 11.4 Å². The van der Waals surface area contributed by atoms with Crippen LogP contribution in [0.5, 0.6) is 5.75 Å². The number of aromatic nitrogens is 6. The molecule has 1 aromatic carbocycles. The maximum atomic E-state index is 9.31. The van der Waals surface area contributed by atoms with Gasteiger partial charge >= 0.3 is 0 Å². The minimum absolute atomic E-state index is 0.195. The van der Waals surface area contributed by atoms with Crippen molar-refractivity contribution in [3.05, 3.63) is 42.4 Å². The average molecular weight is 286 g/mol. The number of aryl methyl sites for hydroxylation is 1. The first-order valence-electron chi connectivity index (χ1n) is 5.77. The Morgan fingerprint density at radius 1 is 1.10 bits per heavy atom. The van der Waals surface area contributed by atoms with Crippen LogP contribution in [0.15, 0.2) is 46.8 Å². The maximum absolute atomic E-state index is 9.31. The fraction of sp³-hybridized carbons (Fsp3) is 0.0833. The Labute approximate surface area is 118 Å². The zero-order chi connectivity index (χ0) is 13.9. The molecule has 20 heavy (non-hydrogen) atoms. The van der Waals surface area contributed by atoms with E-state index in [1.807, 2.05) is 6.92 Å². The first kappa shape index (κ1) is 12.5. The Hall–Kier alpha value is -2.48. The van der Waals surface area contributed by atoms with Gasteiger partial charge in [-0.1, -0.05) is 0 Å². The minimum Gasteiger partial charge on any atom is -0.508 e. The molecular formula is C12H10N6OS. The standard InChI is InChI=1S/C12H10N6OS/c1-8-11(14-7-6-13-8)20-12-15-16-17-18(12)9-2-4-10(19)5-3-9/h2-7,19H,1H3. The van der Waals surface area contributed by atoms with Gasteiger partial charge in [-0.25, -0.2) is 4.98 Å². The van der Waals surface area contributed by atoms with Gasteiger partial charge < -0.3 is 5.11 Å². The summed E-state index contributed by atoms with van der Waals surface area (Å²) in [5, 5.41) is 22.3. The number of rotatable bonds is 3. The van der Waals surface area contributed by atoms with E-state index in [4.69, 9.17) is 0 Å². The topological polar surface area (TPSA) is 89.6 Å².